The third-order valence-electron chi connectivity index (χ3n) is 3.00. The minimum Gasteiger partial charge on any atom is -0.440 e. The van der Waals surface area contributed by atoms with E-state index < -0.39 is 0 Å². The van der Waals surface area contributed by atoms with Crippen LogP contribution in [0.5, 0.6) is 0 Å². The molecule has 0 aliphatic rings. The number of nitrogens with zero attached hydrogens (tertiary/aromatic N) is 2. The Morgan fingerprint density at radius 1 is 1.44 bits per heavy atom. The molecule has 0 saturated carbocycles. The van der Waals surface area contributed by atoms with Gasteiger partial charge in [0, 0.05) is 24.0 Å². The van der Waals surface area contributed by atoms with Crippen molar-refractivity contribution in [3.63, 3.8) is 0 Å². The molecule has 0 amide bonds. The van der Waals surface area contributed by atoms with Gasteiger partial charge in [-0.2, -0.15) is 0 Å². The summed E-state index contributed by atoms with van der Waals surface area (Å²) in [6, 6.07) is 1.93. The fourth-order valence-electron chi connectivity index (χ4n) is 1.74. The summed E-state index contributed by atoms with van der Waals surface area (Å²) in [5.41, 5.74) is 3.71. The highest BCUT2D eigenvalue weighted by molar-refractivity contribution is 7.99. The Morgan fingerprint density at radius 2 is 2.17 bits per heavy atom. The number of thioether (sulfide) groups is 1. The molecule has 0 fully saturated rings. The number of ketones is 1. The van der Waals surface area contributed by atoms with Crippen LogP contribution in [-0.2, 0) is 7.05 Å². The summed E-state index contributed by atoms with van der Waals surface area (Å²) in [6.07, 6.45) is 1.59. The van der Waals surface area contributed by atoms with E-state index >= 15 is 0 Å². The third-order valence-corrected chi connectivity index (χ3v) is 3.84. The lowest BCUT2D eigenvalue weighted by atomic mass is 10.2. The Bertz CT molecular complexity index is 584. The van der Waals surface area contributed by atoms with Crippen LogP contribution in [0.1, 0.15) is 27.4 Å². The topological polar surface area (TPSA) is 48.0 Å². The van der Waals surface area contributed by atoms with Gasteiger partial charge in [-0.3, -0.25) is 4.79 Å². The van der Waals surface area contributed by atoms with Crippen LogP contribution >= 0.6 is 11.8 Å². The molecule has 0 aliphatic heterocycles. The van der Waals surface area contributed by atoms with Crippen LogP contribution in [0.2, 0.25) is 0 Å². The molecule has 2 aromatic heterocycles. The maximum atomic E-state index is 12.1. The van der Waals surface area contributed by atoms with Crippen LogP contribution in [0.15, 0.2) is 22.0 Å². The maximum Gasteiger partial charge on any atom is 0.256 e. The van der Waals surface area contributed by atoms with E-state index in [0.29, 0.717) is 11.0 Å². The zero-order valence-electron chi connectivity index (χ0n) is 11.0. The second-order valence-electron chi connectivity index (χ2n) is 4.31. The van der Waals surface area contributed by atoms with Crippen LogP contribution in [0.25, 0.3) is 0 Å². The molecule has 0 bridgehead atoms. The number of aromatic nitrogens is 2. The summed E-state index contributed by atoms with van der Waals surface area (Å²) < 4.78 is 7.23. The summed E-state index contributed by atoms with van der Waals surface area (Å²) >= 11 is 1.33. The minimum absolute atomic E-state index is 0.108. The smallest absolute Gasteiger partial charge is 0.256 e. The van der Waals surface area contributed by atoms with Gasteiger partial charge in [0.1, 0.15) is 6.26 Å². The van der Waals surface area contributed by atoms with Crippen molar-refractivity contribution in [2.45, 2.75) is 26.0 Å². The van der Waals surface area contributed by atoms with Crippen molar-refractivity contribution >= 4 is 17.5 Å². The largest absolute Gasteiger partial charge is 0.440 e. The van der Waals surface area contributed by atoms with Gasteiger partial charge >= 0.3 is 0 Å². The third kappa shape index (κ3) is 2.51. The predicted octanol–water partition coefficient (Wildman–Crippen LogP) is 2.91. The van der Waals surface area contributed by atoms with E-state index in [9.17, 15) is 4.79 Å². The number of carbonyl (C=O) groups excluding carboxylic acids is 1. The molecular weight excluding hydrogens is 248 g/mol. The first kappa shape index (κ1) is 13.0. The highest BCUT2D eigenvalue weighted by atomic mass is 32.2. The lowest BCUT2D eigenvalue weighted by molar-refractivity contribution is 0.102. The van der Waals surface area contributed by atoms with Crippen molar-refractivity contribution in [3.8, 4) is 0 Å². The number of hydrogen-bond acceptors (Lipinski definition) is 4. The van der Waals surface area contributed by atoms with E-state index in [1.54, 1.807) is 6.26 Å². The standard InChI is InChI=1S/C13H16N2O2S/c1-8-6-17-13(14-8)18-7-12(16)11-5-9(2)15(4)10(11)3/h5-6H,7H2,1-4H3. The van der Waals surface area contributed by atoms with Crippen molar-refractivity contribution in [2.75, 3.05) is 5.75 Å². The molecule has 0 aromatic carbocycles. The van der Waals surface area contributed by atoms with E-state index in [4.69, 9.17) is 4.42 Å². The molecule has 2 rings (SSSR count). The van der Waals surface area contributed by atoms with Gasteiger partial charge in [-0.1, -0.05) is 11.8 Å². The molecule has 5 heteroatoms. The van der Waals surface area contributed by atoms with Crippen molar-refractivity contribution in [3.05, 3.63) is 35.0 Å². The Balaban J connectivity index is 2.06. The lowest BCUT2D eigenvalue weighted by Crippen LogP contribution is -2.04. The number of oxazole rings is 1. The van der Waals surface area contributed by atoms with Gasteiger partial charge in [0.25, 0.3) is 5.22 Å². The van der Waals surface area contributed by atoms with Crippen LogP contribution in [0.4, 0.5) is 0 Å². The van der Waals surface area contributed by atoms with Crippen molar-refractivity contribution in [1.29, 1.82) is 0 Å². The Morgan fingerprint density at radius 3 is 2.67 bits per heavy atom. The molecule has 2 heterocycles. The van der Waals surface area contributed by atoms with Crippen LogP contribution < -0.4 is 0 Å². The second-order valence-corrected chi connectivity index (χ2v) is 5.24. The van der Waals surface area contributed by atoms with Gasteiger partial charge in [-0.05, 0) is 26.8 Å². The van der Waals surface area contributed by atoms with Crippen LogP contribution in [0, 0.1) is 20.8 Å². The van der Waals surface area contributed by atoms with E-state index in [2.05, 4.69) is 4.98 Å². The first-order chi connectivity index (χ1) is 8.49. The van der Waals surface area contributed by atoms with Crippen molar-refractivity contribution in [1.82, 2.24) is 9.55 Å². The normalized spacial score (nSPS) is 10.9. The second kappa shape index (κ2) is 5.02. The fraction of sp³-hybridized carbons (Fsp3) is 0.385. The SMILES string of the molecule is Cc1coc(SCC(=O)c2cc(C)n(C)c2C)n1. The Kier molecular flexibility index (Phi) is 3.61. The number of rotatable bonds is 4. The molecular formula is C13H16N2O2S. The van der Waals surface area contributed by atoms with E-state index in [-0.39, 0.29) is 5.78 Å². The monoisotopic (exact) mass is 264 g/mol. The van der Waals surface area contributed by atoms with Crippen molar-refractivity contribution < 1.29 is 9.21 Å². The summed E-state index contributed by atoms with van der Waals surface area (Å²) in [5, 5.41) is 0.547. The molecule has 0 unspecified atom stereocenters. The van der Waals surface area contributed by atoms with E-state index in [0.717, 1.165) is 22.6 Å². The predicted molar refractivity (Wildman–Crippen MR) is 71.2 cm³/mol. The average Bonchev–Trinajstić information content (AvgIpc) is 2.86. The molecule has 0 N–H and O–H groups in total. The number of carbonyl (C=O) groups is 1. The van der Waals surface area contributed by atoms with E-state index in [1.807, 2.05) is 38.5 Å². The van der Waals surface area contributed by atoms with E-state index in [1.165, 1.54) is 11.8 Å². The van der Waals surface area contributed by atoms with Crippen LogP contribution in [-0.4, -0.2) is 21.1 Å². The first-order valence-electron chi connectivity index (χ1n) is 5.70. The van der Waals surface area contributed by atoms with Gasteiger partial charge in [0.15, 0.2) is 5.78 Å². The molecule has 0 atom stereocenters. The zero-order valence-corrected chi connectivity index (χ0v) is 11.8. The molecule has 0 saturated heterocycles. The molecule has 0 spiro atoms. The zero-order chi connectivity index (χ0) is 13.3. The summed E-state index contributed by atoms with van der Waals surface area (Å²) in [4.78, 5) is 16.3. The minimum atomic E-state index is 0.108. The van der Waals surface area contributed by atoms with Crippen LogP contribution in [0.3, 0.4) is 0 Å². The highest BCUT2D eigenvalue weighted by Crippen LogP contribution is 2.20. The molecule has 0 aliphatic carbocycles. The van der Waals surface area contributed by atoms with Gasteiger partial charge in [-0.15, -0.1) is 0 Å². The van der Waals surface area contributed by atoms with Gasteiger partial charge in [-0.25, -0.2) is 4.98 Å². The first-order valence-corrected chi connectivity index (χ1v) is 6.68. The maximum absolute atomic E-state index is 12.1. The van der Waals surface area contributed by atoms with Crippen molar-refractivity contribution in [2.24, 2.45) is 7.05 Å². The number of Topliss-reactive ketones (excluding diaryl/α,β-unsaturated/α-hetero) is 1. The molecule has 0 radical (unpaired) electrons. The quantitative estimate of drug-likeness (QED) is 0.629. The number of aryl methyl sites for hydroxylation is 2. The summed E-state index contributed by atoms with van der Waals surface area (Å²) in [6.45, 7) is 5.81. The Hall–Kier alpha value is -1.49. The number of hydrogen-bond donors (Lipinski definition) is 0. The molecule has 18 heavy (non-hydrogen) atoms. The molecule has 4 nitrogen and oxygen atoms in total. The van der Waals surface area contributed by atoms with Gasteiger partial charge < -0.3 is 8.98 Å². The average molecular weight is 264 g/mol. The lowest BCUT2D eigenvalue weighted by Gasteiger charge is -2.01. The summed E-state index contributed by atoms with van der Waals surface area (Å²) in [7, 11) is 1.96. The van der Waals surface area contributed by atoms with Gasteiger partial charge in [0.2, 0.25) is 0 Å². The highest BCUT2D eigenvalue weighted by Gasteiger charge is 2.15. The molecule has 2 aromatic rings. The summed E-state index contributed by atoms with van der Waals surface area (Å²) in [5.74, 6) is 0.460. The fourth-order valence-corrected chi connectivity index (χ4v) is 2.48. The molecule has 96 valence electrons. The Labute approximate surface area is 110 Å². The van der Waals surface area contributed by atoms with Gasteiger partial charge in [0.05, 0.1) is 11.4 Å².